The van der Waals surface area contributed by atoms with Gasteiger partial charge in [0.1, 0.15) is 24.7 Å². The van der Waals surface area contributed by atoms with Gasteiger partial charge in [-0.05, 0) is 96.5 Å². The number of phenolic OH excluding ortho intramolecular Hbond substituents is 1. The number of carbonyl (C=O) groups is 2. The number of hydrogen-bond acceptors (Lipinski definition) is 11. The van der Waals surface area contributed by atoms with E-state index in [2.05, 4.69) is 46.9 Å². The first-order valence-corrected chi connectivity index (χ1v) is 23.5. The highest BCUT2D eigenvalue weighted by molar-refractivity contribution is 7.93. The molecule has 0 radical (unpaired) electrons. The van der Waals surface area contributed by atoms with Crippen molar-refractivity contribution in [3.8, 4) is 22.6 Å². The topological polar surface area (TPSA) is 212 Å². The molecule has 0 atom stereocenters. The van der Waals surface area contributed by atoms with Crippen molar-refractivity contribution in [1.29, 1.82) is 0 Å². The second-order valence-corrected chi connectivity index (χ2v) is 16.1. The number of primary sulfonamides is 1. The molecule has 0 unspecified atom stereocenters. The summed E-state index contributed by atoms with van der Waals surface area (Å²) in [6.07, 6.45) is 5.18. The van der Waals surface area contributed by atoms with Crippen LogP contribution in [0.3, 0.4) is 0 Å². The molecule has 68 heavy (non-hydrogen) atoms. The number of nitrogen functional groups attached to an aromatic ring is 1. The minimum Gasteiger partial charge on any atom is -0.508 e. The average Bonchev–Trinajstić information content (AvgIpc) is 3.73. The Balaban J connectivity index is 0.000000521. The molecule has 0 saturated heterocycles. The van der Waals surface area contributed by atoms with Gasteiger partial charge in [0.2, 0.25) is 15.9 Å². The predicted octanol–water partition coefficient (Wildman–Crippen LogP) is 9.48. The van der Waals surface area contributed by atoms with Crippen molar-refractivity contribution in [2.24, 2.45) is 5.14 Å². The first-order valence-electron chi connectivity index (χ1n) is 22.0. The van der Waals surface area contributed by atoms with E-state index in [0.717, 1.165) is 46.7 Å². The monoisotopic (exact) mass is 949 g/mol. The summed E-state index contributed by atoms with van der Waals surface area (Å²) in [6.45, 7) is 18.5. The van der Waals surface area contributed by atoms with E-state index < -0.39 is 10.0 Å². The standard InChI is InChI=1S/C34H32N4O5.C8H10O.C4H7NO2S.C3H6.C2H6O.C2H6/c35-33-28-19-26(13-15-30(28)43-36-33)34(41)37(21-23-7-2-1-3-8-23)22-32(40)38-16-18-42-31-20-25(12-14-29(31)38)27-11-5-4-9-24(27)10-6-17-39;1-2-7-5-3-4-6-8(7)9;1-3-4(2)8(5,6)7;2*1-3-2;1-2/h1-5,7-9,11-15,19-20,39H,6,10,16-18,21-22H2,(H2,35,36);3-6,9H,2H2,1H3;3H,1-2H2,(H2,5,6,7);3H,1H2,2H3;1-2H3;1-2H3. The second-order valence-electron chi connectivity index (χ2n) is 14.5. The minimum absolute atomic E-state index is 0.129. The summed E-state index contributed by atoms with van der Waals surface area (Å²) in [5.41, 5.74) is 12.6. The molecule has 2 heterocycles. The lowest BCUT2D eigenvalue weighted by Crippen LogP contribution is -2.45. The van der Waals surface area contributed by atoms with E-state index in [-0.39, 0.29) is 42.2 Å². The number of rotatable bonds is 12. The van der Waals surface area contributed by atoms with Crippen LogP contribution >= 0.6 is 0 Å². The van der Waals surface area contributed by atoms with E-state index in [1.165, 1.54) is 0 Å². The molecule has 15 heteroatoms. The van der Waals surface area contributed by atoms with Crippen molar-refractivity contribution in [1.82, 2.24) is 10.1 Å². The lowest BCUT2D eigenvalue weighted by atomic mass is 9.96. The molecule has 0 saturated carbocycles. The summed E-state index contributed by atoms with van der Waals surface area (Å²) in [5.74, 6) is 0.706. The molecule has 5 aromatic carbocycles. The number of anilines is 2. The summed E-state index contributed by atoms with van der Waals surface area (Å²) in [7, 11) is -0.315. The van der Waals surface area contributed by atoms with Gasteiger partial charge in [-0.1, -0.05) is 124 Å². The molecule has 1 aliphatic heterocycles. The number of methoxy groups -OCH3 is 1. The number of hydrogen-bond donors (Lipinski definition) is 4. The van der Waals surface area contributed by atoms with Crippen LogP contribution in [0.15, 0.2) is 157 Å². The van der Waals surface area contributed by atoms with Gasteiger partial charge in [0.05, 0.1) is 22.5 Å². The van der Waals surface area contributed by atoms with E-state index >= 15 is 0 Å². The number of nitrogens with two attached hydrogens (primary N) is 2. The van der Waals surface area contributed by atoms with Gasteiger partial charge in [0, 0.05) is 32.9 Å². The lowest BCUT2D eigenvalue weighted by Gasteiger charge is -2.32. The number of aromatic hydroxyl groups is 1. The fraction of sp³-hybridized carbons (Fsp3) is 0.264. The van der Waals surface area contributed by atoms with Gasteiger partial charge in [-0.2, -0.15) is 0 Å². The first-order chi connectivity index (χ1) is 32.7. The maximum absolute atomic E-state index is 13.9. The number of aliphatic hydroxyl groups is 1. The molecule has 1 aliphatic rings. The third-order valence-electron chi connectivity index (χ3n) is 9.60. The molecule has 2 amide bonds. The number of carbonyl (C=O) groups excluding carboxylic acids is 2. The Morgan fingerprint density at radius 3 is 2.12 bits per heavy atom. The maximum atomic E-state index is 13.9. The lowest BCUT2D eigenvalue weighted by molar-refractivity contribution is -0.119. The highest BCUT2D eigenvalue weighted by Crippen LogP contribution is 2.37. The van der Waals surface area contributed by atoms with Gasteiger partial charge in [-0.3, -0.25) is 9.59 Å². The van der Waals surface area contributed by atoms with E-state index in [0.29, 0.717) is 53.3 Å². The summed E-state index contributed by atoms with van der Waals surface area (Å²) in [4.78, 5) is 30.8. The van der Waals surface area contributed by atoms with Gasteiger partial charge in [0.25, 0.3) is 5.91 Å². The largest absolute Gasteiger partial charge is 0.508 e. The van der Waals surface area contributed by atoms with Crippen molar-refractivity contribution in [3.63, 3.8) is 0 Å². The zero-order valence-corrected chi connectivity index (χ0v) is 40.9. The minimum atomic E-state index is -3.57. The third-order valence-corrected chi connectivity index (χ3v) is 10.5. The number of allylic oxidation sites excluding steroid dienone is 2. The number of aromatic nitrogens is 1. The molecule has 6 aromatic rings. The highest BCUT2D eigenvalue weighted by Gasteiger charge is 2.28. The molecule has 7 rings (SSSR count). The van der Waals surface area contributed by atoms with Crippen LogP contribution in [-0.4, -0.2) is 81.0 Å². The molecule has 6 N–H and O–H groups in total. The first kappa shape index (κ1) is 57.1. The summed E-state index contributed by atoms with van der Waals surface area (Å²) in [6, 6.07) is 35.9. The molecule has 0 spiro atoms. The van der Waals surface area contributed by atoms with Gasteiger partial charge >= 0.3 is 0 Å². The molecule has 0 bridgehead atoms. The van der Waals surface area contributed by atoms with Crippen LogP contribution in [0.5, 0.6) is 11.5 Å². The van der Waals surface area contributed by atoms with E-state index in [1.807, 2.05) is 107 Å². The average molecular weight is 950 g/mol. The quantitative estimate of drug-likeness (QED) is 0.0670. The predicted molar refractivity (Wildman–Crippen MR) is 275 cm³/mol. The van der Waals surface area contributed by atoms with Crippen molar-refractivity contribution in [2.45, 2.75) is 53.5 Å². The Kier molecular flexibility index (Phi) is 25.4. The number of aryl methyl sites for hydroxylation is 2. The molecule has 1 aromatic heterocycles. The number of benzene rings is 5. The zero-order chi connectivity index (χ0) is 50.6. The molecular formula is C53H67N5O9S. The van der Waals surface area contributed by atoms with Gasteiger partial charge < -0.3 is 39.7 Å². The molecule has 0 fully saturated rings. The Morgan fingerprint density at radius 1 is 0.926 bits per heavy atom. The summed E-state index contributed by atoms with van der Waals surface area (Å²) in [5, 5.41) is 27.4. The Morgan fingerprint density at radius 2 is 1.54 bits per heavy atom. The van der Waals surface area contributed by atoms with Crippen LogP contribution in [0, 0.1) is 0 Å². The molecule has 14 nitrogen and oxygen atoms in total. The van der Waals surface area contributed by atoms with Crippen LogP contribution in [0.1, 0.15) is 61.2 Å². The highest BCUT2D eigenvalue weighted by atomic mass is 32.2. The van der Waals surface area contributed by atoms with E-state index in [1.54, 1.807) is 54.4 Å². The number of nitrogens with zero attached hydrogens (tertiary/aromatic N) is 3. The van der Waals surface area contributed by atoms with Gasteiger partial charge in [-0.25, -0.2) is 13.6 Å². The fourth-order valence-electron chi connectivity index (χ4n) is 6.39. The fourth-order valence-corrected chi connectivity index (χ4v) is 6.62. The van der Waals surface area contributed by atoms with E-state index in [9.17, 15) is 23.1 Å². The Labute approximate surface area is 401 Å². The number of sulfonamides is 1. The van der Waals surface area contributed by atoms with Crippen LogP contribution in [0.2, 0.25) is 0 Å². The second kappa shape index (κ2) is 30.3. The maximum Gasteiger partial charge on any atom is 0.254 e. The molecular weight excluding hydrogens is 883 g/mol. The van der Waals surface area contributed by atoms with Crippen molar-refractivity contribution >= 4 is 44.3 Å². The van der Waals surface area contributed by atoms with Crippen LogP contribution < -0.4 is 20.5 Å². The smallest absolute Gasteiger partial charge is 0.254 e. The Hall–Kier alpha value is -7.04. The number of amides is 2. The number of ether oxygens (including phenoxy) is 2. The number of phenols is 1. The van der Waals surface area contributed by atoms with Crippen LogP contribution in [0.25, 0.3) is 22.1 Å². The zero-order valence-electron chi connectivity index (χ0n) is 40.1. The number of para-hydroxylation sites is 1. The van der Waals surface area contributed by atoms with Crippen molar-refractivity contribution in [2.75, 3.05) is 51.2 Å². The third kappa shape index (κ3) is 17.6. The van der Waals surface area contributed by atoms with Gasteiger partial charge in [-0.15, -0.1) is 6.58 Å². The number of fused-ring (bicyclic) bond motifs is 2. The molecule has 0 aliphatic carbocycles. The number of aliphatic hydroxyl groups excluding tert-OH is 1. The van der Waals surface area contributed by atoms with Crippen molar-refractivity contribution in [3.05, 3.63) is 174 Å². The summed E-state index contributed by atoms with van der Waals surface area (Å²) < 4.78 is 35.8. The van der Waals surface area contributed by atoms with Crippen LogP contribution in [-0.2, 0) is 38.9 Å². The summed E-state index contributed by atoms with van der Waals surface area (Å²) >= 11 is 0. The van der Waals surface area contributed by atoms with Crippen molar-refractivity contribution < 1.29 is 42.2 Å². The Bertz CT molecular complexity index is 2630. The van der Waals surface area contributed by atoms with Gasteiger partial charge in [0.15, 0.2) is 11.4 Å². The SMILES string of the molecule is C=CC.C=CC(=C)S(N)(=O)=O.CC.CCc1ccccc1O.COC.Nc1noc2ccc(C(=O)N(CC(=O)N3CCOc4cc(-c5ccccc5CCCO)ccc43)Cc3ccccc3)cc12. The molecule has 364 valence electrons. The van der Waals surface area contributed by atoms with E-state index in [4.69, 9.17) is 20.1 Å². The normalized spacial score (nSPS) is 11.0. The van der Waals surface area contributed by atoms with Crippen LogP contribution in [0.4, 0.5) is 11.5 Å².